The first kappa shape index (κ1) is 14.9. The fourth-order valence-corrected chi connectivity index (χ4v) is 6.43. The topological polar surface area (TPSA) is 0 Å². The minimum absolute atomic E-state index is 1.02. The van der Waals surface area contributed by atoms with Gasteiger partial charge in [-0.2, -0.15) is 0 Å². The molecular weight excluding hydrogens is 240 g/mol. The third-order valence-corrected chi connectivity index (χ3v) is 7.28. The smallest absolute Gasteiger partial charge is 0.0324 e. The monoisotopic (exact) mass is 276 g/mol. The molecule has 0 bridgehead atoms. The van der Waals surface area contributed by atoms with Crippen LogP contribution in [0.15, 0.2) is 0 Å². The average molecular weight is 277 g/mol. The lowest BCUT2D eigenvalue weighted by atomic mass is 9.58. The molecule has 0 radical (unpaired) electrons. The molecule has 116 valence electrons. The van der Waals surface area contributed by atoms with Gasteiger partial charge < -0.3 is 0 Å². The summed E-state index contributed by atoms with van der Waals surface area (Å²) in [6.45, 7) is 7.47. The van der Waals surface area contributed by atoms with Gasteiger partial charge in [-0.3, -0.25) is 0 Å². The van der Waals surface area contributed by atoms with Gasteiger partial charge in [0.05, 0.1) is 0 Å². The van der Waals surface area contributed by atoms with Gasteiger partial charge in [-0.1, -0.05) is 52.9 Å². The first-order chi connectivity index (χ1) is 9.70. The maximum Gasteiger partial charge on any atom is -0.0324 e. The van der Waals surface area contributed by atoms with Crippen molar-refractivity contribution in [3.8, 4) is 0 Å². The van der Waals surface area contributed by atoms with E-state index in [4.69, 9.17) is 0 Å². The highest BCUT2D eigenvalue weighted by atomic mass is 14.5. The van der Waals surface area contributed by atoms with Crippen LogP contribution in [0.4, 0.5) is 0 Å². The molecule has 0 amide bonds. The predicted octanol–water partition coefficient (Wildman–Crippen LogP) is 6.30. The second-order valence-electron chi connectivity index (χ2n) is 8.63. The molecule has 0 heterocycles. The van der Waals surface area contributed by atoms with E-state index in [2.05, 4.69) is 20.8 Å². The summed E-state index contributed by atoms with van der Waals surface area (Å²) in [4.78, 5) is 0. The van der Waals surface area contributed by atoms with Gasteiger partial charge in [0.2, 0.25) is 0 Å². The van der Waals surface area contributed by atoms with Gasteiger partial charge in [0.15, 0.2) is 0 Å². The van der Waals surface area contributed by atoms with E-state index in [1.807, 2.05) is 0 Å². The highest BCUT2D eigenvalue weighted by Gasteiger charge is 2.48. The Hall–Kier alpha value is 0. The molecule has 0 aromatic carbocycles. The van der Waals surface area contributed by atoms with Gasteiger partial charge in [0, 0.05) is 0 Å². The van der Waals surface area contributed by atoms with Crippen molar-refractivity contribution in [1.29, 1.82) is 0 Å². The van der Waals surface area contributed by atoms with Crippen LogP contribution in [-0.2, 0) is 0 Å². The van der Waals surface area contributed by atoms with Gasteiger partial charge in [-0.25, -0.2) is 0 Å². The summed E-state index contributed by atoms with van der Waals surface area (Å²) in [5.74, 6) is 7.56. The lowest BCUT2D eigenvalue weighted by Crippen LogP contribution is -2.40. The number of hydrogen-bond acceptors (Lipinski definition) is 0. The van der Waals surface area contributed by atoms with Crippen molar-refractivity contribution in [1.82, 2.24) is 0 Å². The Morgan fingerprint density at radius 1 is 0.900 bits per heavy atom. The van der Waals surface area contributed by atoms with E-state index in [0.717, 1.165) is 41.4 Å². The summed E-state index contributed by atoms with van der Waals surface area (Å²) in [7, 11) is 0. The summed E-state index contributed by atoms with van der Waals surface area (Å²) < 4.78 is 0. The fourth-order valence-electron chi connectivity index (χ4n) is 6.43. The largest absolute Gasteiger partial charge is 0.0654 e. The Bertz CT molecular complexity index is 307. The molecule has 0 N–H and O–H groups in total. The molecular formula is C20H36. The molecule has 3 aliphatic rings. The third-order valence-electron chi connectivity index (χ3n) is 7.28. The van der Waals surface area contributed by atoms with Crippen LogP contribution < -0.4 is 0 Å². The van der Waals surface area contributed by atoms with Crippen molar-refractivity contribution in [3.63, 3.8) is 0 Å². The Labute approximate surface area is 127 Å². The molecule has 0 aromatic rings. The molecule has 3 rings (SSSR count). The van der Waals surface area contributed by atoms with Crippen LogP contribution in [0.25, 0.3) is 0 Å². The molecule has 7 unspecified atom stereocenters. The standard InChI is InChI=1S/C20H36/c1-4-5-8-18-15(3)13-16-7-6-9-19(16)20(18)17-11-10-14(2)12-17/h14-20H,4-13H2,1-3H3. The van der Waals surface area contributed by atoms with Gasteiger partial charge in [-0.05, 0) is 73.5 Å². The minimum Gasteiger partial charge on any atom is -0.0654 e. The molecule has 0 aromatic heterocycles. The van der Waals surface area contributed by atoms with E-state index in [0.29, 0.717) is 0 Å². The molecule has 0 nitrogen and oxygen atoms in total. The first-order valence-corrected chi connectivity index (χ1v) is 9.70. The highest BCUT2D eigenvalue weighted by Crippen LogP contribution is 2.56. The summed E-state index contributed by atoms with van der Waals surface area (Å²) in [6.07, 6.45) is 15.3. The van der Waals surface area contributed by atoms with Gasteiger partial charge in [0.25, 0.3) is 0 Å². The lowest BCUT2D eigenvalue weighted by Gasteiger charge is -2.47. The quantitative estimate of drug-likeness (QED) is 0.565. The van der Waals surface area contributed by atoms with Crippen molar-refractivity contribution in [2.75, 3.05) is 0 Å². The van der Waals surface area contributed by atoms with Crippen molar-refractivity contribution in [2.24, 2.45) is 41.4 Å². The van der Waals surface area contributed by atoms with Crippen molar-refractivity contribution in [2.45, 2.75) is 85.0 Å². The van der Waals surface area contributed by atoms with Gasteiger partial charge in [-0.15, -0.1) is 0 Å². The first-order valence-electron chi connectivity index (χ1n) is 9.70. The Kier molecular flexibility index (Phi) is 4.78. The summed E-state index contributed by atoms with van der Waals surface area (Å²) in [5, 5.41) is 0. The second kappa shape index (κ2) is 6.41. The van der Waals surface area contributed by atoms with Gasteiger partial charge >= 0.3 is 0 Å². The van der Waals surface area contributed by atoms with Crippen LogP contribution in [0.2, 0.25) is 0 Å². The Morgan fingerprint density at radius 3 is 2.45 bits per heavy atom. The second-order valence-corrected chi connectivity index (χ2v) is 8.63. The van der Waals surface area contributed by atoms with Crippen LogP contribution in [0.3, 0.4) is 0 Å². The molecule has 0 saturated heterocycles. The molecule has 3 saturated carbocycles. The molecule has 0 heteroatoms. The normalized spacial score (nSPS) is 48.5. The van der Waals surface area contributed by atoms with E-state index in [9.17, 15) is 0 Å². The fraction of sp³-hybridized carbons (Fsp3) is 1.00. The van der Waals surface area contributed by atoms with Crippen LogP contribution in [0.1, 0.15) is 85.0 Å². The van der Waals surface area contributed by atoms with E-state index >= 15 is 0 Å². The SMILES string of the molecule is CCCCC1C(C)CC2CCCC2C1C1CCC(C)C1. The lowest BCUT2D eigenvalue weighted by molar-refractivity contribution is 0.0150. The van der Waals surface area contributed by atoms with Crippen molar-refractivity contribution in [3.05, 3.63) is 0 Å². The number of hydrogen-bond donors (Lipinski definition) is 0. The summed E-state index contributed by atoms with van der Waals surface area (Å²) in [5.41, 5.74) is 0. The number of fused-ring (bicyclic) bond motifs is 1. The van der Waals surface area contributed by atoms with Crippen LogP contribution in [0.5, 0.6) is 0 Å². The summed E-state index contributed by atoms with van der Waals surface area (Å²) in [6, 6.07) is 0. The van der Waals surface area contributed by atoms with E-state index in [1.165, 1.54) is 25.7 Å². The average Bonchev–Trinajstić information content (AvgIpc) is 3.04. The zero-order valence-electron chi connectivity index (χ0n) is 14.1. The Balaban J connectivity index is 1.77. The Morgan fingerprint density at radius 2 is 1.75 bits per heavy atom. The molecule has 3 fully saturated rings. The van der Waals surface area contributed by atoms with Crippen LogP contribution in [0, 0.1) is 41.4 Å². The number of rotatable bonds is 4. The zero-order chi connectivity index (χ0) is 14.1. The van der Waals surface area contributed by atoms with E-state index < -0.39 is 0 Å². The molecule has 3 aliphatic carbocycles. The highest BCUT2D eigenvalue weighted by molar-refractivity contribution is 4.97. The van der Waals surface area contributed by atoms with E-state index in [-0.39, 0.29) is 0 Å². The maximum atomic E-state index is 2.60. The van der Waals surface area contributed by atoms with E-state index in [1.54, 1.807) is 38.5 Å². The van der Waals surface area contributed by atoms with Crippen molar-refractivity contribution < 1.29 is 0 Å². The summed E-state index contributed by atoms with van der Waals surface area (Å²) >= 11 is 0. The third kappa shape index (κ3) is 2.81. The zero-order valence-corrected chi connectivity index (χ0v) is 14.1. The molecule has 0 spiro atoms. The minimum atomic E-state index is 1.02. The van der Waals surface area contributed by atoms with Crippen LogP contribution in [-0.4, -0.2) is 0 Å². The molecule has 20 heavy (non-hydrogen) atoms. The predicted molar refractivity (Wildman–Crippen MR) is 87.6 cm³/mol. The molecule has 7 atom stereocenters. The molecule has 0 aliphatic heterocycles. The number of unbranched alkanes of at least 4 members (excludes halogenated alkanes) is 1. The van der Waals surface area contributed by atoms with Gasteiger partial charge in [0.1, 0.15) is 0 Å². The van der Waals surface area contributed by atoms with Crippen molar-refractivity contribution >= 4 is 0 Å². The van der Waals surface area contributed by atoms with Crippen LogP contribution >= 0.6 is 0 Å². The maximum absolute atomic E-state index is 2.60.